The van der Waals surface area contributed by atoms with Crippen LogP contribution in [0.5, 0.6) is 0 Å². The van der Waals surface area contributed by atoms with Crippen molar-refractivity contribution < 1.29 is 23.1 Å². The van der Waals surface area contributed by atoms with Gasteiger partial charge in [-0.3, -0.25) is 4.79 Å². The lowest BCUT2D eigenvalue weighted by Crippen LogP contribution is -2.11. The summed E-state index contributed by atoms with van der Waals surface area (Å²) in [5.74, 6) is -1.19. The summed E-state index contributed by atoms with van der Waals surface area (Å²) < 4.78 is 36.9. The number of carboxylic acids is 1. The van der Waals surface area contributed by atoms with Gasteiger partial charge in [0.15, 0.2) is 0 Å². The average Bonchev–Trinajstić information content (AvgIpc) is 2.05. The van der Waals surface area contributed by atoms with Crippen molar-refractivity contribution in [2.75, 3.05) is 0 Å². The predicted octanol–water partition coefficient (Wildman–Crippen LogP) is 2.33. The van der Waals surface area contributed by atoms with E-state index in [2.05, 4.69) is 4.98 Å². The Morgan fingerprint density at radius 2 is 2.13 bits per heavy atom. The molecule has 0 spiro atoms. The molecule has 7 heteroatoms. The van der Waals surface area contributed by atoms with Gasteiger partial charge in [0.1, 0.15) is 3.70 Å². The topological polar surface area (TPSA) is 50.2 Å². The van der Waals surface area contributed by atoms with Crippen molar-refractivity contribution in [1.82, 2.24) is 4.98 Å². The van der Waals surface area contributed by atoms with Gasteiger partial charge in [0, 0.05) is 6.20 Å². The van der Waals surface area contributed by atoms with Crippen LogP contribution in [0.25, 0.3) is 0 Å². The quantitative estimate of drug-likeness (QED) is 0.669. The van der Waals surface area contributed by atoms with Gasteiger partial charge in [-0.1, -0.05) is 0 Å². The Balaban J connectivity index is 3.11. The summed E-state index contributed by atoms with van der Waals surface area (Å²) in [6.45, 7) is 0. The highest BCUT2D eigenvalue weighted by Gasteiger charge is 2.33. The fourth-order valence-corrected chi connectivity index (χ4v) is 1.56. The molecule has 1 N–H and O–H groups in total. The largest absolute Gasteiger partial charge is 0.481 e. The molecule has 15 heavy (non-hydrogen) atoms. The Morgan fingerprint density at radius 1 is 1.53 bits per heavy atom. The van der Waals surface area contributed by atoms with Gasteiger partial charge in [0.05, 0.1) is 12.0 Å². The van der Waals surface area contributed by atoms with E-state index in [0.717, 1.165) is 12.3 Å². The fourth-order valence-electron chi connectivity index (χ4n) is 0.961. The first-order chi connectivity index (χ1) is 6.80. The van der Waals surface area contributed by atoms with E-state index in [1.807, 2.05) is 0 Å². The Morgan fingerprint density at radius 3 is 2.60 bits per heavy atom. The van der Waals surface area contributed by atoms with Crippen molar-refractivity contribution in [2.24, 2.45) is 0 Å². The zero-order valence-corrected chi connectivity index (χ0v) is 9.33. The minimum atomic E-state index is -4.50. The van der Waals surface area contributed by atoms with E-state index in [9.17, 15) is 18.0 Å². The predicted molar refractivity (Wildman–Crippen MR) is 53.3 cm³/mol. The Hall–Kier alpha value is -0.860. The number of carboxylic acid groups (broad SMARTS) is 1. The van der Waals surface area contributed by atoms with Crippen molar-refractivity contribution in [2.45, 2.75) is 12.6 Å². The molecule has 0 saturated carbocycles. The van der Waals surface area contributed by atoms with Gasteiger partial charge in [-0.25, -0.2) is 4.98 Å². The maximum absolute atomic E-state index is 12.4. The number of rotatable bonds is 2. The van der Waals surface area contributed by atoms with Crippen molar-refractivity contribution in [3.8, 4) is 0 Å². The third kappa shape index (κ3) is 3.33. The van der Waals surface area contributed by atoms with Gasteiger partial charge in [0.2, 0.25) is 0 Å². The molecule has 0 bridgehead atoms. The minimum absolute atomic E-state index is 0.0373. The molecular formula is C8H5F3INO2. The molecule has 1 heterocycles. The SMILES string of the molecule is O=C(O)Cc1cnc(I)c(C(F)(F)F)c1. The molecule has 1 rings (SSSR count). The number of carbonyl (C=O) groups is 1. The molecule has 0 saturated heterocycles. The summed E-state index contributed by atoms with van der Waals surface area (Å²) in [4.78, 5) is 13.8. The van der Waals surface area contributed by atoms with Crippen LogP contribution in [-0.4, -0.2) is 16.1 Å². The average molecular weight is 331 g/mol. The number of nitrogens with zero attached hydrogens (tertiary/aromatic N) is 1. The standard InChI is InChI=1S/C8H5F3INO2/c9-8(10,11)5-1-4(2-6(14)15)3-13-7(5)12/h1,3H,2H2,(H,14,15). The van der Waals surface area contributed by atoms with Crippen LogP contribution in [0, 0.1) is 3.70 Å². The maximum Gasteiger partial charge on any atom is 0.418 e. The molecule has 0 atom stereocenters. The fraction of sp³-hybridized carbons (Fsp3) is 0.250. The lowest BCUT2D eigenvalue weighted by molar-refractivity contribution is -0.139. The first kappa shape index (κ1) is 12.2. The number of aliphatic carboxylic acids is 1. The van der Waals surface area contributed by atoms with E-state index in [-0.39, 0.29) is 9.26 Å². The smallest absolute Gasteiger partial charge is 0.418 e. The normalized spacial score (nSPS) is 11.5. The molecule has 82 valence electrons. The van der Waals surface area contributed by atoms with Gasteiger partial charge < -0.3 is 5.11 Å². The molecule has 1 aromatic rings. The highest BCUT2D eigenvalue weighted by atomic mass is 127. The summed E-state index contributed by atoms with van der Waals surface area (Å²) in [7, 11) is 0. The van der Waals surface area contributed by atoms with Crippen molar-refractivity contribution in [3.05, 3.63) is 27.1 Å². The molecule has 0 radical (unpaired) electrons. The highest BCUT2D eigenvalue weighted by Crippen LogP contribution is 2.32. The number of pyridine rings is 1. The Labute approximate surface area is 96.5 Å². The number of aromatic nitrogens is 1. The van der Waals surface area contributed by atoms with Crippen LogP contribution >= 0.6 is 22.6 Å². The zero-order valence-electron chi connectivity index (χ0n) is 7.18. The van der Waals surface area contributed by atoms with Crippen LogP contribution in [0.4, 0.5) is 13.2 Å². The van der Waals surface area contributed by atoms with E-state index < -0.39 is 24.1 Å². The van der Waals surface area contributed by atoms with Crippen LogP contribution < -0.4 is 0 Å². The van der Waals surface area contributed by atoms with E-state index >= 15 is 0 Å². The molecule has 3 nitrogen and oxygen atoms in total. The molecule has 0 amide bonds. The summed E-state index contributed by atoms with van der Waals surface area (Å²) in [6, 6.07) is 0.808. The van der Waals surface area contributed by atoms with E-state index in [1.54, 1.807) is 0 Å². The third-order valence-corrected chi connectivity index (χ3v) is 2.42. The molecule has 0 aliphatic heterocycles. The van der Waals surface area contributed by atoms with E-state index in [0.29, 0.717) is 0 Å². The van der Waals surface area contributed by atoms with Crippen LogP contribution in [0.1, 0.15) is 11.1 Å². The Kier molecular flexibility index (Phi) is 3.53. The molecule has 0 unspecified atom stereocenters. The number of alkyl halides is 3. The second kappa shape index (κ2) is 4.33. The molecule has 0 fully saturated rings. The Bertz CT molecular complexity index is 392. The lowest BCUT2D eigenvalue weighted by Gasteiger charge is -2.09. The molecular weight excluding hydrogens is 326 g/mol. The van der Waals surface area contributed by atoms with E-state index in [1.165, 1.54) is 22.6 Å². The van der Waals surface area contributed by atoms with Gasteiger partial charge in [-0.2, -0.15) is 13.2 Å². The van der Waals surface area contributed by atoms with Crippen molar-refractivity contribution in [1.29, 1.82) is 0 Å². The second-order valence-corrected chi connectivity index (χ2v) is 3.77. The summed E-state index contributed by atoms with van der Waals surface area (Å²) in [5, 5.41) is 8.42. The van der Waals surface area contributed by atoms with Crippen molar-refractivity contribution >= 4 is 28.6 Å². The van der Waals surface area contributed by atoms with Crippen LogP contribution in [0.2, 0.25) is 0 Å². The lowest BCUT2D eigenvalue weighted by atomic mass is 10.1. The number of hydrogen-bond donors (Lipinski definition) is 1. The van der Waals surface area contributed by atoms with Crippen LogP contribution in [0.3, 0.4) is 0 Å². The zero-order chi connectivity index (χ0) is 11.6. The van der Waals surface area contributed by atoms with Gasteiger partial charge in [0.25, 0.3) is 0 Å². The summed E-state index contributed by atoms with van der Waals surface area (Å²) in [5.41, 5.74) is -0.864. The number of hydrogen-bond acceptors (Lipinski definition) is 2. The monoisotopic (exact) mass is 331 g/mol. The van der Waals surface area contributed by atoms with Gasteiger partial charge in [-0.05, 0) is 34.2 Å². The van der Waals surface area contributed by atoms with E-state index in [4.69, 9.17) is 5.11 Å². The first-order valence-corrected chi connectivity index (χ1v) is 4.82. The minimum Gasteiger partial charge on any atom is -0.481 e. The van der Waals surface area contributed by atoms with Crippen molar-refractivity contribution in [3.63, 3.8) is 0 Å². The highest BCUT2D eigenvalue weighted by molar-refractivity contribution is 14.1. The maximum atomic E-state index is 12.4. The van der Waals surface area contributed by atoms with Gasteiger partial charge >= 0.3 is 12.1 Å². The van der Waals surface area contributed by atoms with Crippen LogP contribution in [-0.2, 0) is 17.4 Å². The molecule has 0 aliphatic carbocycles. The second-order valence-electron chi connectivity index (χ2n) is 2.75. The first-order valence-electron chi connectivity index (χ1n) is 3.74. The van der Waals surface area contributed by atoms with Gasteiger partial charge in [-0.15, -0.1) is 0 Å². The molecule has 0 aliphatic rings. The number of halogens is 4. The summed E-state index contributed by atoms with van der Waals surface area (Å²) in [6.07, 6.45) is -3.84. The van der Waals surface area contributed by atoms with Crippen LogP contribution in [0.15, 0.2) is 12.3 Å². The third-order valence-electron chi connectivity index (χ3n) is 1.56. The summed E-state index contributed by atoms with van der Waals surface area (Å²) >= 11 is 1.46. The molecule has 1 aromatic heterocycles. The molecule has 0 aromatic carbocycles.